The first-order chi connectivity index (χ1) is 17.8. The second-order valence-electron chi connectivity index (χ2n) is 9.98. The van der Waals surface area contributed by atoms with Crippen molar-refractivity contribution in [2.75, 3.05) is 11.9 Å². The molecule has 1 aromatic heterocycles. The maximum absolute atomic E-state index is 14.0. The third kappa shape index (κ3) is 8.01. The van der Waals surface area contributed by atoms with Crippen molar-refractivity contribution in [3.05, 3.63) is 68.6 Å². The topological polar surface area (TPSA) is 116 Å². The molecule has 11 heteroatoms. The van der Waals surface area contributed by atoms with Crippen molar-refractivity contribution in [1.29, 1.82) is 0 Å². The third-order valence-corrected chi connectivity index (χ3v) is 6.09. The molecular formula is C27H32BrFN4O5. The fourth-order valence-electron chi connectivity index (χ4n) is 3.88. The van der Waals surface area contributed by atoms with Crippen LogP contribution < -0.4 is 15.4 Å². The van der Waals surface area contributed by atoms with Gasteiger partial charge in [0.2, 0.25) is 0 Å². The molecule has 0 aliphatic heterocycles. The molecule has 1 heterocycles. The van der Waals surface area contributed by atoms with Crippen LogP contribution in [0.5, 0.6) is 5.75 Å². The molecule has 3 aromatic rings. The van der Waals surface area contributed by atoms with Crippen LogP contribution in [-0.4, -0.2) is 34.3 Å². The molecule has 0 fully saturated rings. The van der Waals surface area contributed by atoms with Crippen LogP contribution in [0.3, 0.4) is 0 Å². The van der Waals surface area contributed by atoms with Crippen molar-refractivity contribution in [2.45, 2.75) is 65.2 Å². The fraction of sp³-hybridized carbons (Fsp3) is 0.407. The number of benzene rings is 2. The quantitative estimate of drug-likeness (QED) is 0.145. The zero-order chi connectivity index (χ0) is 28.0. The normalized spacial score (nSPS) is 13.0. The Morgan fingerprint density at radius 2 is 1.95 bits per heavy atom. The lowest BCUT2D eigenvalue weighted by molar-refractivity contribution is -0.384. The van der Waals surface area contributed by atoms with Gasteiger partial charge in [0.05, 0.1) is 22.6 Å². The van der Waals surface area contributed by atoms with Gasteiger partial charge in [0, 0.05) is 22.0 Å². The van der Waals surface area contributed by atoms with Crippen LogP contribution in [0, 0.1) is 15.9 Å². The second kappa shape index (κ2) is 12.4. The minimum absolute atomic E-state index is 0.0951. The third-order valence-electron chi connectivity index (χ3n) is 5.60. The van der Waals surface area contributed by atoms with E-state index in [-0.39, 0.29) is 11.8 Å². The van der Waals surface area contributed by atoms with E-state index in [1.807, 2.05) is 13.0 Å². The first-order valence-electron chi connectivity index (χ1n) is 12.3. The van der Waals surface area contributed by atoms with Gasteiger partial charge in [0.1, 0.15) is 29.1 Å². The standard InChI is InChI=1S/C27H32BrFN4O5/c1-16(37-24-11-9-19(29)14-20(24)17(2)32-26(34)38-27(3,4)5)7-6-12-30-25-21-13-18(28)8-10-22(21)31-15-23(25)33(35)36/h8-11,13-17H,6-7,12H2,1-5H3,(H,30,31)(H,32,34). The summed E-state index contributed by atoms with van der Waals surface area (Å²) in [5.41, 5.74) is 0.800. The summed E-state index contributed by atoms with van der Waals surface area (Å²) in [7, 11) is 0. The second-order valence-corrected chi connectivity index (χ2v) is 10.9. The van der Waals surface area contributed by atoms with Gasteiger partial charge in [-0.15, -0.1) is 0 Å². The molecule has 204 valence electrons. The van der Waals surface area contributed by atoms with Crippen molar-refractivity contribution in [3.63, 3.8) is 0 Å². The average Bonchev–Trinajstić information content (AvgIpc) is 2.81. The lowest BCUT2D eigenvalue weighted by Crippen LogP contribution is -2.34. The van der Waals surface area contributed by atoms with Gasteiger partial charge < -0.3 is 20.1 Å². The number of pyridine rings is 1. The number of fused-ring (bicyclic) bond motifs is 1. The Kier molecular flexibility index (Phi) is 9.48. The highest BCUT2D eigenvalue weighted by Gasteiger charge is 2.22. The van der Waals surface area contributed by atoms with E-state index in [1.54, 1.807) is 39.8 Å². The SMILES string of the molecule is CC(CCCNc1c([N+](=O)[O-])cnc2ccc(Br)cc12)Oc1ccc(F)cc1C(C)NC(=O)OC(C)(C)C. The average molecular weight is 591 g/mol. The Morgan fingerprint density at radius 1 is 1.21 bits per heavy atom. The number of nitrogens with zero attached hydrogens (tertiary/aromatic N) is 2. The van der Waals surface area contributed by atoms with Gasteiger partial charge in [-0.3, -0.25) is 10.1 Å². The van der Waals surface area contributed by atoms with E-state index in [9.17, 15) is 19.3 Å². The van der Waals surface area contributed by atoms with Gasteiger partial charge in [-0.05, 0) is 83.9 Å². The Morgan fingerprint density at radius 3 is 2.63 bits per heavy atom. The van der Waals surface area contributed by atoms with Crippen LogP contribution in [0.1, 0.15) is 59.1 Å². The molecule has 2 aromatic carbocycles. The molecule has 9 nitrogen and oxygen atoms in total. The maximum atomic E-state index is 14.0. The van der Waals surface area contributed by atoms with Crippen molar-refractivity contribution >= 4 is 44.3 Å². The molecule has 38 heavy (non-hydrogen) atoms. The van der Waals surface area contributed by atoms with Crippen LogP contribution in [-0.2, 0) is 4.74 Å². The largest absolute Gasteiger partial charge is 0.490 e. The predicted molar refractivity (Wildman–Crippen MR) is 148 cm³/mol. The molecule has 0 spiro atoms. The summed E-state index contributed by atoms with van der Waals surface area (Å²) in [5.74, 6) is 0.0101. The van der Waals surface area contributed by atoms with E-state index < -0.39 is 28.5 Å². The molecule has 3 rings (SSSR count). The van der Waals surface area contributed by atoms with E-state index in [0.717, 1.165) is 4.47 Å². The summed E-state index contributed by atoms with van der Waals surface area (Å²) < 4.78 is 26.2. The number of halogens is 2. The summed E-state index contributed by atoms with van der Waals surface area (Å²) >= 11 is 3.41. The van der Waals surface area contributed by atoms with Crippen LogP contribution in [0.2, 0.25) is 0 Å². The summed E-state index contributed by atoms with van der Waals surface area (Å²) in [4.78, 5) is 27.5. The Labute approximate surface area is 229 Å². The lowest BCUT2D eigenvalue weighted by atomic mass is 10.1. The number of aromatic nitrogens is 1. The summed E-state index contributed by atoms with van der Waals surface area (Å²) in [6, 6.07) is 9.05. The number of rotatable bonds is 10. The van der Waals surface area contributed by atoms with Gasteiger partial charge in [0.15, 0.2) is 0 Å². The molecule has 1 amide bonds. The van der Waals surface area contributed by atoms with E-state index >= 15 is 0 Å². The number of carbonyl (C=O) groups is 1. The smallest absolute Gasteiger partial charge is 0.408 e. The van der Waals surface area contributed by atoms with Gasteiger partial charge in [-0.1, -0.05) is 15.9 Å². The highest BCUT2D eigenvalue weighted by Crippen LogP contribution is 2.33. The number of nitrogens with one attached hydrogen (secondary N) is 2. The number of alkyl carbamates (subject to hydrolysis) is 1. The number of ether oxygens (including phenoxy) is 2. The van der Waals surface area contributed by atoms with E-state index in [4.69, 9.17) is 9.47 Å². The minimum Gasteiger partial charge on any atom is -0.490 e. The Bertz CT molecular complexity index is 1310. The summed E-state index contributed by atoms with van der Waals surface area (Å²) in [6.45, 7) is 9.37. The molecule has 0 saturated heterocycles. The van der Waals surface area contributed by atoms with Crippen molar-refractivity contribution in [2.24, 2.45) is 0 Å². The summed E-state index contributed by atoms with van der Waals surface area (Å²) in [5, 5.41) is 18.1. The fourth-order valence-corrected chi connectivity index (χ4v) is 4.25. The van der Waals surface area contributed by atoms with Crippen molar-refractivity contribution in [1.82, 2.24) is 10.3 Å². The number of hydrogen-bond donors (Lipinski definition) is 2. The van der Waals surface area contributed by atoms with Gasteiger partial charge in [-0.2, -0.15) is 0 Å². The first kappa shape index (κ1) is 29.1. The van der Waals surface area contributed by atoms with Gasteiger partial charge in [0.25, 0.3) is 0 Å². The number of carbonyl (C=O) groups excluding carboxylic acids is 1. The van der Waals surface area contributed by atoms with Crippen molar-refractivity contribution in [3.8, 4) is 5.75 Å². The lowest BCUT2D eigenvalue weighted by Gasteiger charge is -2.24. The minimum atomic E-state index is -0.660. The predicted octanol–water partition coefficient (Wildman–Crippen LogP) is 7.29. The number of anilines is 1. The molecule has 0 radical (unpaired) electrons. The number of hydrogen-bond acceptors (Lipinski definition) is 7. The van der Waals surface area contributed by atoms with Crippen LogP contribution in [0.15, 0.2) is 47.1 Å². The molecular weight excluding hydrogens is 559 g/mol. The maximum Gasteiger partial charge on any atom is 0.408 e. The molecule has 0 aliphatic carbocycles. The van der Waals surface area contributed by atoms with Crippen LogP contribution >= 0.6 is 15.9 Å². The highest BCUT2D eigenvalue weighted by molar-refractivity contribution is 9.10. The zero-order valence-electron chi connectivity index (χ0n) is 22.0. The van der Waals surface area contributed by atoms with E-state index in [2.05, 4.69) is 31.5 Å². The molecule has 2 N–H and O–H groups in total. The number of amides is 1. The van der Waals surface area contributed by atoms with Crippen LogP contribution in [0.25, 0.3) is 10.9 Å². The molecule has 0 saturated carbocycles. The Hall–Kier alpha value is -3.47. The molecule has 0 aliphatic rings. The van der Waals surface area contributed by atoms with E-state index in [1.165, 1.54) is 24.4 Å². The van der Waals surface area contributed by atoms with Crippen molar-refractivity contribution < 1.29 is 23.6 Å². The summed E-state index contributed by atoms with van der Waals surface area (Å²) in [6.07, 6.45) is 1.68. The molecule has 2 atom stereocenters. The first-order valence-corrected chi connectivity index (χ1v) is 13.1. The van der Waals surface area contributed by atoms with E-state index in [0.29, 0.717) is 47.3 Å². The molecule has 2 unspecified atom stereocenters. The monoisotopic (exact) mass is 590 g/mol. The van der Waals surface area contributed by atoms with Gasteiger partial charge in [-0.25, -0.2) is 14.2 Å². The van der Waals surface area contributed by atoms with Crippen LogP contribution in [0.4, 0.5) is 20.6 Å². The zero-order valence-corrected chi connectivity index (χ0v) is 23.6. The number of nitro groups is 1. The highest BCUT2D eigenvalue weighted by atomic mass is 79.9. The molecule has 0 bridgehead atoms. The Balaban J connectivity index is 1.63. The van der Waals surface area contributed by atoms with Gasteiger partial charge >= 0.3 is 11.8 Å².